The lowest BCUT2D eigenvalue weighted by molar-refractivity contribution is -0.00489. The average Bonchev–Trinajstić information content (AvgIpc) is 2.66. The summed E-state index contributed by atoms with van der Waals surface area (Å²) < 4.78 is 22.2. The molecule has 1 heterocycles. The van der Waals surface area contributed by atoms with Gasteiger partial charge in [0, 0.05) is 19.2 Å². The SMILES string of the molecule is CCNC1CCN(CCOCCOCCOCCOCCCC(C)C)CC1. The van der Waals surface area contributed by atoms with Crippen molar-refractivity contribution in [2.24, 2.45) is 5.92 Å². The van der Waals surface area contributed by atoms with Crippen molar-refractivity contribution >= 4 is 0 Å². The minimum atomic E-state index is 0.620. The minimum Gasteiger partial charge on any atom is -0.379 e. The molecule has 0 atom stereocenters. The first kappa shape index (κ1) is 24.8. The topological polar surface area (TPSA) is 52.2 Å². The Morgan fingerprint density at radius 2 is 1.33 bits per heavy atom. The third kappa shape index (κ3) is 15.4. The first-order valence-electron chi connectivity index (χ1n) is 11.0. The normalized spacial score (nSPS) is 16.4. The Kier molecular flexibility index (Phi) is 16.4. The predicted molar refractivity (Wildman–Crippen MR) is 110 cm³/mol. The van der Waals surface area contributed by atoms with Gasteiger partial charge in [0.05, 0.1) is 46.2 Å². The van der Waals surface area contributed by atoms with E-state index in [1.807, 2.05) is 0 Å². The lowest BCUT2D eigenvalue weighted by atomic mass is 10.1. The van der Waals surface area contributed by atoms with Crippen molar-refractivity contribution in [1.82, 2.24) is 10.2 Å². The number of ether oxygens (including phenoxy) is 4. The summed E-state index contributed by atoms with van der Waals surface area (Å²) in [7, 11) is 0. The van der Waals surface area contributed by atoms with Crippen molar-refractivity contribution in [2.75, 3.05) is 79.0 Å². The van der Waals surface area contributed by atoms with Crippen LogP contribution in [-0.2, 0) is 18.9 Å². The second kappa shape index (κ2) is 17.8. The van der Waals surface area contributed by atoms with Crippen LogP contribution in [0.25, 0.3) is 0 Å². The molecule has 0 amide bonds. The number of piperidine rings is 1. The Morgan fingerprint density at radius 1 is 0.815 bits per heavy atom. The lowest BCUT2D eigenvalue weighted by Gasteiger charge is -2.32. The maximum Gasteiger partial charge on any atom is 0.0701 e. The zero-order chi connectivity index (χ0) is 19.6. The summed E-state index contributed by atoms with van der Waals surface area (Å²) in [5.74, 6) is 0.756. The van der Waals surface area contributed by atoms with E-state index < -0.39 is 0 Å². The van der Waals surface area contributed by atoms with Crippen molar-refractivity contribution < 1.29 is 18.9 Å². The molecule has 27 heavy (non-hydrogen) atoms. The number of nitrogens with zero attached hydrogens (tertiary/aromatic N) is 1. The smallest absolute Gasteiger partial charge is 0.0701 e. The summed E-state index contributed by atoms with van der Waals surface area (Å²) in [6, 6.07) is 0.708. The van der Waals surface area contributed by atoms with Gasteiger partial charge in [0.25, 0.3) is 0 Å². The van der Waals surface area contributed by atoms with Crippen LogP contribution >= 0.6 is 0 Å². The van der Waals surface area contributed by atoms with Crippen LogP contribution in [0.15, 0.2) is 0 Å². The number of nitrogens with one attached hydrogen (secondary N) is 1. The van der Waals surface area contributed by atoms with Gasteiger partial charge in [0.15, 0.2) is 0 Å². The van der Waals surface area contributed by atoms with E-state index in [9.17, 15) is 0 Å². The summed E-state index contributed by atoms with van der Waals surface area (Å²) in [6.07, 6.45) is 4.86. The van der Waals surface area contributed by atoms with Gasteiger partial charge in [-0.25, -0.2) is 0 Å². The molecule has 6 nitrogen and oxygen atoms in total. The molecule has 0 aromatic heterocycles. The molecule has 162 valence electrons. The number of rotatable bonds is 18. The minimum absolute atomic E-state index is 0.620. The molecule has 0 radical (unpaired) electrons. The first-order chi connectivity index (χ1) is 13.2. The molecule has 0 aromatic carbocycles. The molecule has 0 bridgehead atoms. The molecule has 0 spiro atoms. The van der Waals surface area contributed by atoms with E-state index in [0.717, 1.165) is 38.6 Å². The fraction of sp³-hybridized carbons (Fsp3) is 1.00. The van der Waals surface area contributed by atoms with Crippen molar-refractivity contribution in [3.63, 3.8) is 0 Å². The van der Waals surface area contributed by atoms with Crippen LogP contribution in [0.5, 0.6) is 0 Å². The molecule has 0 aliphatic carbocycles. The molecular formula is C21H44N2O4. The van der Waals surface area contributed by atoms with E-state index in [4.69, 9.17) is 18.9 Å². The highest BCUT2D eigenvalue weighted by Crippen LogP contribution is 2.09. The Labute approximate surface area is 167 Å². The second-order valence-electron chi connectivity index (χ2n) is 7.66. The van der Waals surface area contributed by atoms with Crippen LogP contribution in [0.1, 0.15) is 46.5 Å². The van der Waals surface area contributed by atoms with E-state index in [0.29, 0.717) is 45.7 Å². The summed E-state index contributed by atoms with van der Waals surface area (Å²) in [5, 5.41) is 3.54. The molecule has 1 rings (SSSR count). The van der Waals surface area contributed by atoms with Gasteiger partial charge in [-0.3, -0.25) is 0 Å². The van der Waals surface area contributed by atoms with Gasteiger partial charge in [-0.05, 0) is 51.2 Å². The van der Waals surface area contributed by atoms with E-state index in [1.54, 1.807) is 0 Å². The van der Waals surface area contributed by atoms with Crippen LogP contribution in [0.3, 0.4) is 0 Å². The number of hydrogen-bond acceptors (Lipinski definition) is 6. The molecule has 1 aliphatic rings. The monoisotopic (exact) mass is 388 g/mol. The van der Waals surface area contributed by atoms with Crippen molar-refractivity contribution in [3.8, 4) is 0 Å². The fourth-order valence-corrected chi connectivity index (χ4v) is 3.20. The van der Waals surface area contributed by atoms with Crippen molar-refractivity contribution in [3.05, 3.63) is 0 Å². The summed E-state index contributed by atoms with van der Waals surface area (Å²) in [5.41, 5.74) is 0. The van der Waals surface area contributed by atoms with Gasteiger partial charge in [0.1, 0.15) is 0 Å². The molecule has 1 N–H and O–H groups in total. The van der Waals surface area contributed by atoms with Gasteiger partial charge < -0.3 is 29.2 Å². The van der Waals surface area contributed by atoms with Crippen LogP contribution in [-0.4, -0.2) is 90.0 Å². The Bertz CT molecular complexity index is 311. The predicted octanol–water partition coefficient (Wildman–Crippen LogP) is 2.56. The van der Waals surface area contributed by atoms with Gasteiger partial charge in [-0.15, -0.1) is 0 Å². The van der Waals surface area contributed by atoms with Crippen molar-refractivity contribution in [2.45, 2.75) is 52.5 Å². The molecule has 6 heteroatoms. The quantitative estimate of drug-likeness (QED) is 0.364. The average molecular weight is 389 g/mol. The molecule has 1 aliphatic heterocycles. The van der Waals surface area contributed by atoms with Crippen LogP contribution in [0.2, 0.25) is 0 Å². The van der Waals surface area contributed by atoms with Crippen LogP contribution < -0.4 is 5.32 Å². The fourth-order valence-electron chi connectivity index (χ4n) is 3.20. The first-order valence-corrected chi connectivity index (χ1v) is 11.0. The maximum atomic E-state index is 5.67. The second-order valence-corrected chi connectivity index (χ2v) is 7.66. The van der Waals surface area contributed by atoms with E-state index in [2.05, 4.69) is 31.0 Å². The Hall–Kier alpha value is -0.240. The molecule has 0 unspecified atom stereocenters. The van der Waals surface area contributed by atoms with Crippen LogP contribution in [0, 0.1) is 5.92 Å². The highest BCUT2D eigenvalue weighted by Gasteiger charge is 2.17. The van der Waals surface area contributed by atoms with Gasteiger partial charge in [0.2, 0.25) is 0 Å². The highest BCUT2D eigenvalue weighted by atomic mass is 16.6. The molecule has 1 saturated heterocycles. The summed E-state index contributed by atoms with van der Waals surface area (Å²) in [6.45, 7) is 16.6. The van der Waals surface area contributed by atoms with Crippen molar-refractivity contribution in [1.29, 1.82) is 0 Å². The number of likely N-dealkylation sites (tertiary alicyclic amines) is 1. The summed E-state index contributed by atoms with van der Waals surface area (Å²) >= 11 is 0. The maximum absolute atomic E-state index is 5.67. The van der Waals surface area contributed by atoms with E-state index >= 15 is 0 Å². The number of hydrogen-bond donors (Lipinski definition) is 1. The lowest BCUT2D eigenvalue weighted by Crippen LogP contribution is -2.43. The van der Waals surface area contributed by atoms with Gasteiger partial charge in [-0.2, -0.15) is 0 Å². The van der Waals surface area contributed by atoms with E-state index in [1.165, 1.54) is 32.4 Å². The molecular weight excluding hydrogens is 344 g/mol. The van der Waals surface area contributed by atoms with Crippen LogP contribution in [0.4, 0.5) is 0 Å². The Balaban J connectivity index is 1.72. The summed E-state index contributed by atoms with van der Waals surface area (Å²) in [4.78, 5) is 2.49. The van der Waals surface area contributed by atoms with Gasteiger partial charge >= 0.3 is 0 Å². The molecule has 1 fully saturated rings. The third-order valence-electron chi connectivity index (χ3n) is 4.82. The molecule has 0 saturated carbocycles. The van der Waals surface area contributed by atoms with Gasteiger partial charge in [-0.1, -0.05) is 20.8 Å². The third-order valence-corrected chi connectivity index (χ3v) is 4.82. The standard InChI is InChI=1S/C21H44N2O4/c1-4-22-21-7-9-23(10-8-21)11-13-25-15-17-27-19-18-26-16-14-24-12-5-6-20(2)3/h20-22H,4-19H2,1-3H3. The zero-order valence-electron chi connectivity index (χ0n) is 18.0. The molecule has 0 aromatic rings. The highest BCUT2D eigenvalue weighted by molar-refractivity contribution is 4.76. The zero-order valence-corrected chi connectivity index (χ0v) is 18.0. The Morgan fingerprint density at radius 3 is 1.85 bits per heavy atom. The van der Waals surface area contributed by atoms with E-state index in [-0.39, 0.29) is 0 Å². The largest absolute Gasteiger partial charge is 0.379 e.